The predicted octanol–water partition coefficient (Wildman–Crippen LogP) is 1.87. The number of nitrogens with one attached hydrogen (secondary N) is 1. The Morgan fingerprint density at radius 3 is 2.88 bits per heavy atom. The molecule has 0 aromatic heterocycles. The quantitative estimate of drug-likeness (QED) is 0.797. The number of aliphatic hydroxyl groups excluding tert-OH is 1. The third kappa shape index (κ3) is 2.54. The number of hydrogen-bond donors (Lipinski definition) is 2. The highest BCUT2D eigenvalue weighted by atomic mass is 16.5. The van der Waals surface area contributed by atoms with Gasteiger partial charge in [-0.2, -0.15) is 0 Å². The highest BCUT2D eigenvalue weighted by Gasteiger charge is 2.21. The van der Waals surface area contributed by atoms with Crippen LogP contribution in [0.5, 0.6) is 5.75 Å². The van der Waals surface area contributed by atoms with Gasteiger partial charge in [-0.25, -0.2) is 0 Å². The molecule has 0 heterocycles. The van der Waals surface area contributed by atoms with Crippen LogP contribution >= 0.6 is 0 Å². The number of ether oxygens (including phenoxy) is 1. The molecule has 1 aliphatic carbocycles. The van der Waals surface area contributed by atoms with Gasteiger partial charge in [0.1, 0.15) is 5.75 Å². The third-order valence-corrected chi connectivity index (χ3v) is 3.22. The normalized spacial score (nSPS) is 17.9. The van der Waals surface area contributed by atoms with E-state index in [9.17, 15) is 5.11 Å². The molecule has 1 saturated carbocycles. The van der Waals surface area contributed by atoms with Crippen molar-refractivity contribution < 1.29 is 9.84 Å². The lowest BCUT2D eigenvalue weighted by Gasteiger charge is -2.31. The van der Waals surface area contributed by atoms with Crippen molar-refractivity contribution in [2.24, 2.45) is 0 Å². The fourth-order valence-corrected chi connectivity index (χ4v) is 1.97. The van der Waals surface area contributed by atoms with E-state index in [0.29, 0.717) is 6.04 Å². The molecule has 16 heavy (non-hydrogen) atoms. The molecule has 0 radical (unpaired) electrons. The van der Waals surface area contributed by atoms with Gasteiger partial charge >= 0.3 is 0 Å². The van der Waals surface area contributed by atoms with Crippen molar-refractivity contribution in [2.45, 2.75) is 31.3 Å². The van der Waals surface area contributed by atoms with E-state index < -0.39 is 0 Å². The Hall–Kier alpha value is -1.06. The summed E-state index contributed by atoms with van der Waals surface area (Å²) in [6.45, 7) is 0.129. The largest absolute Gasteiger partial charge is 0.497 e. The second-order valence-corrected chi connectivity index (χ2v) is 4.31. The maximum atomic E-state index is 9.41. The summed E-state index contributed by atoms with van der Waals surface area (Å²) in [6, 6.07) is 8.48. The van der Waals surface area contributed by atoms with E-state index in [1.165, 1.54) is 19.3 Å². The summed E-state index contributed by atoms with van der Waals surface area (Å²) in [5.41, 5.74) is 1.09. The van der Waals surface area contributed by atoms with Gasteiger partial charge in [-0.3, -0.25) is 0 Å². The van der Waals surface area contributed by atoms with Gasteiger partial charge in [-0.1, -0.05) is 18.6 Å². The molecule has 1 fully saturated rings. The maximum Gasteiger partial charge on any atom is 0.119 e. The van der Waals surface area contributed by atoms with Crippen LogP contribution < -0.4 is 10.1 Å². The van der Waals surface area contributed by atoms with Crippen LogP contribution in [0, 0.1) is 0 Å². The molecule has 1 aromatic carbocycles. The van der Waals surface area contributed by atoms with E-state index in [0.717, 1.165) is 11.3 Å². The van der Waals surface area contributed by atoms with E-state index in [1.807, 2.05) is 24.3 Å². The molecule has 1 unspecified atom stereocenters. The molecule has 1 aromatic rings. The number of benzene rings is 1. The second kappa shape index (κ2) is 5.32. The van der Waals surface area contributed by atoms with Gasteiger partial charge in [-0.05, 0) is 30.5 Å². The standard InChI is InChI=1S/C13H19NO2/c1-16-12-7-2-4-10(8-12)13(9-15)14-11-5-3-6-11/h2,4,7-8,11,13-15H,3,5-6,9H2,1H3. The lowest BCUT2D eigenvalue weighted by Crippen LogP contribution is -2.39. The first-order valence-corrected chi connectivity index (χ1v) is 5.84. The van der Waals surface area contributed by atoms with Crippen LogP contribution in [-0.4, -0.2) is 24.9 Å². The summed E-state index contributed by atoms with van der Waals surface area (Å²) in [6.07, 6.45) is 3.74. The fraction of sp³-hybridized carbons (Fsp3) is 0.538. The van der Waals surface area contributed by atoms with Crippen LogP contribution in [-0.2, 0) is 0 Å². The van der Waals surface area contributed by atoms with Gasteiger partial charge in [0.25, 0.3) is 0 Å². The Labute approximate surface area is 96.4 Å². The smallest absolute Gasteiger partial charge is 0.119 e. The van der Waals surface area contributed by atoms with Gasteiger partial charge < -0.3 is 15.2 Å². The van der Waals surface area contributed by atoms with Crippen molar-refractivity contribution in [1.29, 1.82) is 0 Å². The van der Waals surface area contributed by atoms with Crippen molar-refractivity contribution in [3.05, 3.63) is 29.8 Å². The predicted molar refractivity (Wildman–Crippen MR) is 63.6 cm³/mol. The molecule has 0 aliphatic heterocycles. The Balaban J connectivity index is 2.05. The Morgan fingerprint density at radius 1 is 1.50 bits per heavy atom. The van der Waals surface area contributed by atoms with Gasteiger partial charge in [-0.15, -0.1) is 0 Å². The van der Waals surface area contributed by atoms with Crippen LogP contribution in [0.15, 0.2) is 24.3 Å². The first-order valence-electron chi connectivity index (χ1n) is 5.84. The maximum absolute atomic E-state index is 9.41. The monoisotopic (exact) mass is 221 g/mol. The molecular weight excluding hydrogens is 202 g/mol. The average Bonchev–Trinajstić information content (AvgIpc) is 2.28. The molecule has 88 valence electrons. The van der Waals surface area contributed by atoms with E-state index in [4.69, 9.17) is 4.74 Å². The van der Waals surface area contributed by atoms with Gasteiger partial charge in [0, 0.05) is 6.04 Å². The van der Waals surface area contributed by atoms with Crippen molar-refractivity contribution in [3.8, 4) is 5.75 Å². The third-order valence-electron chi connectivity index (χ3n) is 3.22. The lowest BCUT2D eigenvalue weighted by molar-refractivity contribution is 0.209. The highest BCUT2D eigenvalue weighted by Crippen LogP contribution is 2.24. The minimum Gasteiger partial charge on any atom is -0.497 e. The van der Waals surface area contributed by atoms with Gasteiger partial charge in [0.05, 0.1) is 19.8 Å². The molecule has 3 heteroatoms. The number of hydrogen-bond acceptors (Lipinski definition) is 3. The fourth-order valence-electron chi connectivity index (χ4n) is 1.97. The zero-order chi connectivity index (χ0) is 11.4. The minimum atomic E-state index is 0.0281. The SMILES string of the molecule is COc1cccc(C(CO)NC2CCC2)c1. The van der Waals surface area contributed by atoms with E-state index in [-0.39, 0.29) is 12.6 Å². The van der Waals surface area contributed by atoms with E-state index in [2.05, 4.69) is 5.32 Å². The summed E-state index contributed by atoms with van der Waals surface area (Å²) in [7, 11) is 1.66. The summed E-state index contributed by atoms with van der Waals surface area (Å²) in [4.78, 5) is 0. The Bertz CT molecular complexity index is 336. The van der Waals surface area contributed by atoms with Crippen molar-refractivity contribution in [3.63, 3.8) is 0 Å². The van der Waals surface area contributed by atoms with Gasteiger partial charge in [0.15, 0.2) is 0 Å². The van der Waals surface area contributed by atoms with Crippen molar-refractivity contribution in [1.82, 2.24) is 5.32 Å². The molecule has 0 saturated heterocycles. The number of rotatable bonds is 5. The number of aliphatic hydroxyl groups is 1. The minimum absolute atomic E-state index is 0.0281. The molecule has 1 aliphatic rings. The molecular formula is C13H19NO2. The molecule has 1 atom stereocenters. The molecule has 0 bridgehead atoms. The molecule has 3 nitrogen and oxygen atoms in total. The van der Waals surface area contributed by atoms with Crippen LogP contribution in [0.25, 0.3) is 0 Å². The summed E-state index contributed by atoms with van der Waals surface area (Å²) < 4.78 is 5.19. The van der Waals surface area contributed by atoms with E-state index >= 15 is 0 Å². The summed E-state index contributed by atoms with van der Waals surface area (Å²) in [5, 5.41) is 12.9. The van der Waals surface area contributed by atoms with Crippen LogP contribution in [0.3, 0.4) is 0 Å². The zero-order valence-corrected chi connectivity index (χ0v) is 9.65. The first-order chi connectivity index (χ1) is 7.83. The molecule has 2 rings (SSSR count). The second-order valence-electron chi connectivity index (χ2n) is 4.31. The molecule has 2 N–H and O–H groups in total. The summed E-state index contributed by atoms with van der Waals surface area (Å²) in [5.74, 6) is 0.839. The van der Waals surface area contributed by atoms with Crippen molar-refractivity contribution >= 4 is 0 Å². The molecule has 0 spiro atoms. The van der Waals surface area contributed by atoms with Gasteiger partial charge in [0.2, 0.25) is 0 Å². The lowest BCUT2D eigenvalue weighted by atomic mass is 9.91. The first kappa shape index (κ1) is 11.4. The van der Waals surface area contributed by atoms with Crippen molar-refractivity contribution in [2.75, 3.05) is 13.7 Å². The summed E-state index contributed by atoms with van der Waals surface area (Å²) >= 11 is 0. The van der Waals surface area contributed by atoms with Crippen LogP contribution in [0.4, 0.5) is 0 Å². The van der Waals surface area contributed by atoms with E-state index in [1.54, 1.807) is 7.11 Å². The number of methoxy groups -OCH3 is 1. The topological polar surface area (TPSA) is 41.5 Å². The Kier molecular flexibility index (Phi) is 3.80. The van der Waals surface area contributed by atoms with Crippen LogP contribution in [0.2, 0.25) is 0 Å². The average molecular weight is 221 g/mol. The highest BCUT2D eigenvalue weighted by molar-refractivity contribution is 5.30. The molecule has 0 amide bonds. The van der Waals surface area contributed by atoms with Crippen LogP contribution in [0.1, 0.15) is 30.9 Å². The zero-order valence-electron chi connectivity index (χ0n) is 9.65. The Morgan fingerprint density at radius 2 is 2.31 bits per heavy atom.